The number of ether oxygens (including phenoxy) is 1. The minimum Gasteiger partial charge on any atom is -0.495 e. The Balaban J connectivity index is 1.51. The molecular formula is C33H38F3N6O5P. The Kier molecular flexibility index (Phi) is 9.79. The zero-order chi connectivity index (χ0) is 35.0. The molecule has 3 aromatic rings. The third-order valence-corrected chi connectivity index (χ3v) is 11.7. The van der Waals surface area contributed by atoms with Gasteiger partial charge in [-0.1, -0.05) is 26.0 Å². The number of hydrogen-bond donors (Lipinski definition) is 4. The van der Waals surface area contributed by atoms with Crippen molar-refractivity contribution in [3.05, 3.63) is 64.3 Å². The molecule has 15 heteroatoms. The van der Waals surface area contributed by atoms with Gasteiger partial charge in [-0.05, 0) is 79.3 Å². The maximum atomic E-state index is 14.2. The van der Waals surface area contributed by atoms with Crippen LogP contribution in [0.4, 0.5) is 36.3 Å². The minimum atomic E-state index is -4.82. The van der Waals surface area contributed by atoms with E-state index in [1.54, 1.807) is 27.0 Å². The lowest BCUT2D eigenvalue weighted by atomic mass is 9.77. The lowest BCUT2D eigenvalue weighted by Crippen LogP contribution is -2.24. The largest absolute Gasteiger partial charge is 0.495 e. The number of halogens is 3. The van der Waals surface area contributed by atoms with Crippen LogP contribution in [0.2, 0.25) is 0 Å². The first-order valence-electron chi connectivity index (χ1n) is 15.7. The van der Waals surface area contributed by atoms with Crippen LogP contribution in [0.25, 0.3) is 0 Å². The second-order valence-electron chi connectivity index (χ2n) is 12.3. The Morgan fingerprint density at radius 3 is 2.33 bits per heavy atom. The highest BCUT2D eigenvalue weighted by molar-refractivity contribution is 7.53. The fourth-order valence-corrected chi connectivity index (χ4v) is 8.21. The van der Waals surface area contributed by atoms with Gasteiger partial charge in [0.05, 0.1) is 35.3 Å². The van der Waals surface area contributed by atoms with Crippen LogP contribution < -0.4 is 15.4 Å². The van der Waals surface area contributed by atoms with Crippen molar-refractivity contribution in [2.24, 2.45) is 5.92 Å². The summed E-state index contributed by atoms with van der Waals surface area (Å²) in [6.07, 6.45) is -0.789. The van der Waals surface area contributed by atoms with Crippen molar-refractivity contribution < 1.29 is 37.1 Å². The van der Waals surface area contributed by atoms with E-state index < -0.39 is 30.3 Å². The molecule has 5 rings (SSSR count). The topological polar surface area (TPSA) is 161 Å². The fraction of sp³-hybridized carbons (Fsp3) is 0.455. The van der Waals surface area contributed by atoms with Gasteiger partial charge in [-0.2, -0.15) is 23.4 Å². The Morgan fingerprint density at radius 1 is 1.08 bits per heavy atom. The quantitative estimate of drug-likeness (QED) is 0.157. The van der Waals surface area contributed by atoms with E-state index in [0.29, 0.717) is 18.3 Å². The van der Waals surface area contributed by atoms with Gasteiger partial charge in [0.15, 0.2) is 0 Å². The average molecular weight is 687 g/mol. The number of alkyl halides is 3. The molecule has 0 saturated heterocycles. The highest BCUT2D eigenvalue weighted by Gasteiger charge is 2.45. The molecular weight excluding hydrogens is 648 g/mol. The summed E-state index contributed by atoms with van der Waals surface area (Å²) in [5.74, 6) is -0.790. The lowest BCUT2D eigenvalue weighted by molar-refractivity contribution is -0.137. The van der Waals surface area contributed by atoms with Crippen LogP contribution >= 0.6 is 7.60 Å². The second-order valence-corrected chi connectivity index (χ2v) is 14.2. The number of methoxy groups -OCH3 is 1. The van der Waals surface area contributed by atoms with E-state index in [2.05, 4.69) is 26.7 Å². The molecule has 1 amide bonds. The molecule has 2 aromatic carbocycles. The Morgan fingerprint density at radius 2 is 1.75 bits per heavy atom. The van der Waals surface area contributed by atoms with Crippen LogP contribution in [0.1, 0.15) is 90.9 Å². The first-order chi connectivity index (χ1) is 22.7. The number of nitrogens with one attached hydrogen (secondary N) is 2. The Bertz CT molecular complexity index is 1800. The predicted molar refractivity (Wildman–Crippen MR) is 173 cm³/mol. The summed E-state index contributed by atoms with van der Waals surface area (Å²) < 4.78 is 60.6. The van der Waals surface area contributed by atoms with Gasteiger partial charge in [0.2, 0.25) is 5.95 Å². The Hall–Kier alpha value is -4.18. The fourth-order valence-electron chi connectivity index (χ4n) is 6.91. The molecule has 1 aliphatic carbocycles. The molecule has 0 spiro atoms. The van der Waals surface area contributed by atoms with Crippen molar-refractivity contribution in [3.63, 3.8) is 0 Å². The van der Waals surface area contributed by atoms with Crippen molar-refractivity contribution in [1.82, 2.24) is 14.9 Å². The second kappa shape index (κ2) is 13.4. The Labute approximate surface area is 276 Å². The van der Waals surface area contributed by atoms with Gasteiger partial charge in [-0.15, -0.1) is 0 Å². The van der Waals surface area contributed by atoms with E-state index >= 15 is 0 Å². The number of carbonyl (C=O) groups excluding carboxylic acids is 1. The van der Waals surface area contributed by atoms with Crippen molar-refractivity contribution in [2.75, 3.05) is 24.8 Å². The van der Waals surface area contributed by atoms with Crippen LogP contribution in [0.15, 0.2) is 36.5 Å². The van der Waals surface area contributed by atoms with Crippen LogP contribution in [0.5, 0.6) is 5.75 Å². The third kappa shape index (κ3) is 6.46. The number of carbonyl (C=O) groups is 1. The summed E-state index contributed by atoms with van der Waals surface area (Å²) in [5, 5.41) is 13.5. The van der Waals surface area contributed by atoms with Gasteiger partial charge < -0.3 is 30.1 Å². The minimum absolute atomic E-state index is 0.000220. The molecule has 1 aliphatic heterocycles. The summed E-state index contributed by atoms with van der Waals surface area (Å²) in [5.41, 5.74) is 1.66. The third-order valence-electron chi connectivity index (χ3n) is 9.71. The van der Waals surface area contributed by atoms with Gasteiger partial charge in [0, 0.05) is 25.7 Å². The number of amides is 1. The molecule has 0 atom stereocenters. The van der Waals surface area contributed by atoms with E-state index in [1.165, 1.54) is 30.2 Å². The van der Waals surface area contributed by atoms with Gasteiger partial charge >= 0.3 is 13.8 Å². The maximum Gasteiger partial charge on any atom is 0.421 e. The van der Waals surface area contributed by atoms with E-state index in [-0.39, 0.29) is 59.2 Å². The van der Waals surface area contributed by atoms with Crippen LogP contribution in [-0.2, 0) is 22.4 Å². The molecule has 2 aliphatic rings. The molecule has 4 N–H and O–H groups in total. The van der Waals surface area contributed by atoms with E-state index in [0.717, 1.165) is 36.8 Å². The zero-order valence-electron chi connectivity index (χ0n) is 27.1. The molecule has 0 bridgehead atoms. The maximum absolute atomic E-state index is 14.2. The summed E-state index contributed by atoms with van der Waals surface area (Å²) in [4.78, 5) is 43.3. The van der Waals surface area contributed by atoms with Crippen molar-refractivity contribution in [1.29, 1.82) is 5.26 Å². The van der Waals surface area contributed by atoms with Gasteiger partial charge in [-0.25, -0.2) is 4.98 Å². The molecule has 0 unspecified atom stereocenters. The van der Waals surface area contributed by atoms with Crippen molar-refractivity contribution >= 4 is 36.6 Å². The van der Waals surface area contributed by atoms with Crippen molar-refractivity contribution in [3.8, 4) is 11.8 Å². The number of anilines is 4. The van der Waals surface area contributed by atoms with Crippen LogP contribution in [-0.4, -0.2) is 44.7 Å². The van der Waals surface area contributed by atoms with E-state index in [9.17, 15) is 37.6 Å². The molecule has 11 nitrogen and oxygen atoms in total. The zero-order valence-corrected chi connectivity index (χ0v) is 28.0. The summed E-state index contributed by atoms with van der Waals surface area (Å²) in [7, 11) is -1.59. The standard InChI is InChI=1S/C33H38F3N6O5P/c1-5-32(6-2,48(44,45)46)21-11-13-25(27(15-21)47-4)40-31-38-17-24(33(34,35)36)29(41-31)39-26-14-12-22(20-9-7-19(16-37)8-10-20)23-18-42(3)30(43)28(23)26/h11-15,17,19-20H,5-10,18H2,1-4H3,(H2,44,45,46)(H2,38,39,40,41). The number of rotatable bonds is 10. The van der Waals surface area contributed by atoms with Crippen LogP contribution in [0, 0.1) is 17.2 Å². The van der Waals surface area contributed by atoms with Crippen molar-refractivity contribution in [2.45, 2.75) is 76.2 Å². The van der Waals surface area contributed by atoms with Gasteiger partial charge in [0.25, 0.3) is 5.91 Å². The molecule has 0 radical (unpaired) electrons. The first-order valence-corrected chi connectivity index (χ1v) is 17.3. The molecule has 256 valence electrons. The summed E-state index contributed by atoms with van der Waals surface area (Å²) >= 11 is 0. The molecule has 2 heterocycles. The van der Waals surface area contributed by atoms with Gasteiger partial charge in [-0.3, -0.25) is 9.36 Å². The number of nitriles is 1. The van der Waals surface area contributed by atoms with Gasteiger partial charge in [0.1, 0.15) is 17.1 Å². The number of hydrogen-bond acceptors (Lipinski definition) is 8. The van der Waals surface area contributed by atoms with Crippen LogP contribution in [0.3, 0.4) is 0 Å². The monoisotopic (exact) mass is 686 g/mol. The number of fused-ring (bicyclic) bond motifs is 1. The summed E-state index contributed by atoms with van der Waals surface area (Å²) in [6.45, 7) is 3.68. The number of aromatic nitrogens is 2. The highest BCUT2D eigenvalue weighted by atomic mass is 31.2. The smallest absolute Gasteiger partial charge is 0.421 e. The summed E-state index contributed by atoms with van der Waals surface area (Å²) in [6, 6.07) is 10.3. The predicted octanol–water partition coefficient (Wildman–Crippen LogP) is 7.57. The molecule has 1 fully saturated rings. The molecule has 48 heavy (non-hydrogen) atoms. The molecule has 1 saturated carbocycles. The first kappa shape index (κ1) is 35.1. The lowest BCUT2D eigenvalue weighted by Gasteiger charge is -2.33. The number of benzene rings is 2. The van der Waals surface area contributed by atoms with E-state index in [4.69, 9.17) is 4.74 Å². The van der Waals surface area contributed by atoms with E-state index in [1.807, 2.05) is 6.07 Å². The normalized spacial score (nSPS) is 18.3. The average Bonchev–Trinajstić information content (AvgIpc) is 3.35. The SMILES string of the molecule is CCC(CC)(c1ccc(Nc2ncc(C(F)(F)F)c(Nc3ccc(C4CCC(C#N)CC4)c4c3C(=O)N(C)C4)n2)c(OC)c1)P(=O)(O)O. The molecule has 1 aromatic heterocycles. The number of nitrogens with zero attached hydrogens (tertiary/aromatic N) is 4. The highest BCUT2D eigenvalue weighted by Crippen LogP contribution is 2.61.